The summed E-state index contributed by atoms with van der Waals surface area (Å²) in [6.07, 6.45) is 0. The van der Waals surface area contributed by atoms with Gasteiger partial charge in [-0.05, 0) is 12.1 Å². The van der Waals surface area contributed by atoms with Gasteiger partial charge in [-0.15, -0.1) is 11.3 Å². The molecular formula is C11H10BrNOS. The third-order valence-electron chi connectivity index (χ3n) is 2.03. The van der Waals surface area contributed by atoms with Gasteiger partial charge in [0, 0.05) is 10.7 Å². The molecule has 0 bridgehead atoms. The third-order valence-corrected chi connectivity index (χ3v) is 3.52. The van der Waals surface area contributed by atoms with Gasteiger partial charge in [-0.25, -0.2) is 4.98 Å². The Kier molecular flexibility index (Phi) is 3.38. The Bertz CT molecular complexity index is 455. The van der Waals surface area contributed by atoms with Crippen LogP contribution in [-0.4, -0.2) is 12.1 Å². The summed E-state index contributed by atoms with van der Waals surface area (Å²) < 4.78 is 5.30. The van der Waals surface area contributed by atoms with Gasteiger partial charge in [-0.3, -0.25) is 0 Å². The van der Waals surface area contributed by atoms with Crippen LogP contribution in [0.4, 0.5) is 0 Å². The highest BCUT2D eigenvalue weighted by Gasteiger charge is 2.08. The largest absolute Gasteiger partial charge is 0.496 e. The predicted molar refractivity (Wildman–Crippen MR) is 66.7 cm³/mol. The van der Waals surface area contributed by atoms with Gasteiger partial charge >= 0.3 is 0 Å². The Hall–Kier alpha value is -0.870. The van der Waals surface area contributed by atoms with Crippen LogP contribution in [0.3, 0.4) is 0 Å². The number of aromatic nitrogens is 1. The summed E-state index contributed by atoms with van der Waals surface area (Å²) >= 11 is 5.03. The first-order valence-corrected chi connectivity index (χ1v) is 6.49. The van der Waals surface area contributed by atoms with E-state index in [-0.39, 0.29) is 0 Å². The zero-order valence-electron chi connectivity index (χ0n) is 8.24. The SMILES string of the molecule is COc1ccccc1-c1nc(CBr)cs1. The van der Waals surface area contributed by atoms with Crippen molar-refractivity contribution in [1.82, 2.24) is 4.98 Å². The standard InChI is InChI=1S/C11H10BrNOS/c1-14-10-5-3-2-4-9(10)11-13-8(6-12)7-15-11/h2-5,7H,6H2,1H3. The number of halogens is 1. The van der Waals surface area contributed by atoms with E-state index >= 15 is 0 Å². The first-order chi connectivity index (χ1) is 7.35. The molecule has 1 aromatic carbocycles. The Morgan fingerprint density at radius 1 is 1.40 bits per heavy atom. The topological polar surface area (TPSA) is 22.1 Å². The first kappa shape index (κ1) is 10.6. The van der Waals surface area contributed by atoms with Gasteiger partial charge in [-0.1, -0.05) is 28.1 Å². The zero-order chi connectivity index (χ0) is 10.7. The molecule has 15 heavy (non-hydrogen) atoms. The highest BCUT2D eigenvalue weighted by Crippen LogP contribution is 2.32. The zero-order valence-corrected chi connectivity index (χ0v) is 10.6. The lowest BCUT2D eigenvalue weighted by molar-refractivity contribution is 0.416. The van der Waals surface area contributed by atoms with Gasteiger partial charge in [0.15, 0.2) is 0 Å². The minimum atomic E-state index is 0.790. The Morgan fingerprint density at radius 3 is 2.87 bits per heavy atom. The van der Waals surface area contributed by atoms with Crippen molar-refractivity contribution in [2.24, 2.45) is 0 Å². The second-order valence-corrected chi connectivity index (χ2v) is 4.40. The number of alkyl halides is 1. The van der Waals surface area contributed by atoms with Crippen molar-refractivity contribution >= 4 is 27.3 Å². The van der Waals surface area contributed by atoms with Crippen molar-refractivity contribution in [1.29, 1.82) is 0 Å². The molecule has 0 aliphatic carbocycles. The van der Waals surface area contributed by atoms with E-state index < -0.39 is 0 Å². The van der Waals surface area contributed by atoms with Crippen molar-refractivity contribution in [3.05, 3.63) is 35.3 Å². The summed E-state index contributed by atoms with van der Waals surface area (Å²) in [6, 6.07) is 7.93. The Labute approximate surface area is 101 Å². The van der Waals surface area contributed by atoms with Crippen LogP contribution >= 0.6 is 27.3 Å². The van der Waals surface area contributed by atoms with Crippen molar-refractivity contribution < 1.29 is 4.74 Å². The fourth-order valence-corrected chi connectivity index (χ4v) is 2.66. The molecule has 2 rings (SSSR count). The molecule has 0 aliphatic rings. The fourth-order valence-electron chi connectivity index (χ4n) is 1.31. The molecule has 2 aromatic rings. The molecule has 0 amide bonds. The van der Waals surface area contributed by atoms with Gasteiger partial charge in [0.25, 0.3) is 0 Å². The van der Waals surface area contributed by atoms with Crippen molar-refractivity contribution in [2.45, 2.75) is 5.33 Å². The molecule has 2 nitrogen and oxygen atoms in total. The summed E-state index contributed by atoms with van der Waals surface area (Å²) in [7, 11) is 1.68. The van der Waals surface area contributed by atoms with Crippen molar-refractivity contribution in [2.75, 3.05) is 7.11 Å². The van der Waals surface area contributed by atoms with E-state index in [0.29, 0.717) is 0 Å². The normalized spacial score (nSPS) is 10.3. The first-order valence-electron chi connectivity index (χ1n) is 4.49. The Balaban J connectivity index is 2.44. The molecule has 0 fully saturated rings. The smallest absolute Gasteiger partial charge is 0.129 e. The lowest BCUT2D eigenvalue weighted by Crippen LogP contribution is -1.87. The quantitative estimate of drug-likeness (QED) is 0.801. The molecule has 78 valence electrons. The van der Waals surface area contributed by atoms with E-state index in [9.17, 15) is 0 Å². The third kappa shape index (κ3) is 2.21. The maximum atomic E-state index is 5.30. The summed E-state index contributed by atoms with van der Waals surface area (Å²) in [6.45, 7) is 0. The summed E-state index contributed by atoms with van der Waals surface area (Å²) in [5, 5.41) is 3.84. The second-order valence-electron chi connectivity index (χ2n) is 2.98. The van der Waals surface area contributed by atoms with Crippen LogP contribution in [0.15, 0.2) is 29.6 Å². The lowest BCUT2D eigenvalue weighted by atomic mass is 10.2. The second kappa shape index (κ2) is 4.77. The molecular weight excluding hydrogens is 274 g/mol. The molecule has 0 saturated carbocycles. The Morgan fingerprint density at radius 2 is 2.20 bits per heavy atom. The molecule has 4 heteroatoms. The van der Waals surface area contributed by atoms with Crippen molar-refractivity contribution in [3.63, 3.8) is 0 Å². The van der Waals surface area contributed by atoms with Crippen LogP contribution in [0.5, 0.6) is 5.75 Å². The molecule has 1 heterocycles. The van der Waals surface area contributed by atoms with Gasteiger partial charge < -0.3 is 4.74 Å². The number of rotatable bonds is 3. The number of hydrogen-bond donors (Lipinski definition) is 0. The number of thiazole rings is 1. The number of ether oxygens (including phenoxy) is 1. The maximum Gasteiger partial charge on any atom is 0.129 e. The molecule has 0 unspecified atom stereocenters. The van der Waals surface area contributed by atoms with E-state index in [0.717, 1.165) is 27.3 Å². The molecule has 0 atom stereocenters. The van der Waals surface area contributed by atoms with Crippen LogP contribution in [0, 0.1) is 0 Å². The minimum Gasteiger partial charge on any atom is -0.496 e. The van der Waals surface area contributed by atoms with Crippen LogP contribution in [0.1, 0.15) is 5.69 Å². The number of benzene rings is 1. The van der Waals surface area contributed by atoms with Crippen LogP contribution < -0.4 is 4.74 Å². The maximum absolute atomic E-state index is 5.30. The summed E-state index contributed by atoms with van der Waals surface area (Å²) in [4.78, 5) is 4.50. The van der Waals surface area contributed by atoms with Gasteiger partial charge in [0.2, 0.25) is 0 Å². The van der Waals surface area contributed by atoms with E-state index in [4.69, 9.17) is 4.74 Å². The molecule has 1 aromatic heterocycles. The average molecular weight is 284 g/mol. The van der Waals surface area contributed by atoms with E-state index in [1.54, 1.807) is 18.4 Å². The molecule has 0 aliphatic heterocycles. The molecule has 0 saturated heterocycles. The van der Waals surface area contributed by atoms with Crippen LogP contribution in [0.25, 0.3) is 10.6 Å². The minimum absolute atomic E-state index is 0.790. The average Bonchev–Trinajstić information content (AvgIpc) is 2.77. The number of nitrogens with zero attached hydrogens (tertiary/aromatic N) is 1. The highest BCUT2D eigenvalue weighted by atomic mass is 79.9. The van der Waals surface area contributed by atoms with E-state index in [2.05, 4.69) is 26.3 Å². The molecule has 0 radical (unpaired) electrons. The number of para-hydroxylation sites is 1. The number of hydrogen-bond acceptors (Lipinski definition) is 3. The van der Waals surface area contributed by atoms with Crippen molar-refractivity contribution in [3.8, 4) is 16.3 Å². The molecule has 0 N–H and O–H groups in total. The number of methoxy groups -OCH3 is 1. The highest BCUT2D eigenvalue weighted by molar-refractivity contribution is 9.08. The van der Waals surface area contributed by atoms with Crippen LogP contribution in [-0.2, 0) is 5.33 Å². The van der Waals surface area contributed by atoms with E-state index in [1.165, 1.54) is 0 Å². The van der Waals surface area contributed by atoms with Gasteiger partial charge in [0.1, 0.15) is 10.8 Å². The predicted octanol–water partition coefficient (Wildman–Crippen LogP) is 3.71. The summed E-state index contributed by atoms with van der Waals surface area (Å²) in [5.74, 6) is 0.868. The lowest BCUT2D eigenvalue weighted by Gasteiger charge is -2.04. The van der Waals surface area contributed by atoms with Gasteiger partial charge in [-0.2, -0.15) is 0 Å². The van der Waals surface area contributed by atoms with Crippen LogP contribution in [0.2, 0.25) is 0 Å². The monoisotopic (exact) mass is 283 g/mol. The van der Waals surface area contributed by atoms with E-state index in [1.807, 2.05) is 24.3 Å². The summed E-state index contributed by atoms with van der Waals surface area (Å²) in [5.41, 5.74) is 2.11. The van der Waals surface area contributed by atoms with Gasteiger partial charge in [0.05, 0.1) is 18.4 Å². The molecule has 0 spiro atoms. The fraction of sp³-hybridized carbons (Fsp3) is 0.182.